The number of hydrogen-bond acceptors (Lipinski definition) is 3. The number of aliphatic hydroxyl groups is 1. The van der Waals surface area contributed by atoms with Crippen molar-refractivity contribution >= 4 is 16.1 Å². The first kappa shape index (κ1) is 15.7. The molecule has 0 spiro atoms. The van der Waals surface area contributed by atoms with E-state index in [1.54, 1.807) is 6.08 Å². The summed E-state index contributed by atoms with van der Waals surface area (Å²) in [5, 5.41) is 9.58. The lowest BCUT2D eigenvalue weighted by molar-refractivity contribution is 0.127. The molecule has 0 heterocycles. The molecular formula is C17H23NO3S. The molecule has 120 valence electrons. The van der Waals surface area contributed by atoms with Gasteiger partial charge < -0.3 is 5.11 Å². The molecule has 0 aliphatic heterocycles. The molecule has 0 amide bonds. The van der Waals surface area contributed by atoms with Gasteiger partial charge in [0, 0.05) is 18.1 Å². The van der Waals surface area contributed by atoms with Crippen LogP contribution in [0.2, 0.25) is 0 Å². The van der Waals surface area contributed by atoms with Gasteiger partial charge in [-0.15, -0.1) is 0 Å². The minimum atomic E-state index is -3.49. The van der Waals surface area contributed by atoms with Gasteiger partial charge in [-0.25, -0.2) is 13.1 Å². The van der Waals surface area contributed by atoms with Crippen LogP contribution in [-0.2, 0) is 16.4 Å². The monoisotopic (exact) mass is 321 g/mol. The largest absolute Gasteiger partial charge is 0.396 e. The van der Waals surface area contributed by atoms with Crippen molar-refractivity contribution in [3.63, 3.8) is 0 Å². The van der Waals surface area contributed by atoms with Gasteiger partial charge in [0.05, 0.1) is 4.91 Å². The van der Waals surface area contributed by atoms with Crippen molar-refractivity contribution in [2.45, 2.75) is 45.1 Å². The highest BCUT2D eigenvalue weighted by atomic mass is 32.2. The summed E-state index contributed by atoms with van der Waals surface area (Å²) in [6.45, 7) is 1.97. The fraction of sp³-hybridized carbons (Fsp3) is 0.529. The zero-order valence-corrected chi connectivity index (χ0v) is 13.7. The fourth-order valence-electron chi connectivity index (χ4n) is 3.50. The predicted molar refractivity (Wildman–Crippen MR) is 87.6 cm³/mol. The summed E-state index contributed by atoms with van der Waals surface area (Å²) in [5.41, 5.74) is 1.84. The van der Waals surface area contributed by atoms with Gasteiger partial charge in [-0.2, -0.15) is 0 Å². The van der Waals surface area contributed by atoms with Crippen molar-refractivity contribution in [1.82, 2.24) is 4.72 Å². The third-order valence-corrected chi connectivity index (χ3v) is 6.71. The summed E-state index contributed by atoms with van der Waals surface area (Å²) in [6.07, 6.45) is 5.68. The van der Waals surface area contributed by atoms with Gasteiger partial charge in [0.25, 0.3) is 0 Å². The average molecular weight is 321 g/mol. The Kier molecular flexibility index (Phi) is 4.14. The molecule has 22 heavy (non-hydrogen) atoms. The summed E-state index contributed by atoms with van der Waals surface area (Å²) in [7, 11) is -3.49. The number of allylic oxidation sites excluding steroid dienone is 1. The smallest absolute Gasteiger partial charge is 0.237 e. The first-order valence-corrected chi connectivity index (χ1v) is 9.35. The number of nitrogens with one attached hydrogen (secondary N) is 1. The van der Waals surface area contributed by atoms with Crippen LogP contribution in [0.15, 0.2) is 29.2 Å². The van der Waals surface area contributed by atoms with Gasteiger partial charge in [0.2, 0.25) is 10.0 Å². The van der Waals surface area contributed by atoms with E-state index >= 15 is 0 Å². The van der Waals surface area contributed by atoms with Gasteiger partial charge in [-0.1, -0.05) is 37.6 Å². The normalized spacial score (nSPS) is 28.3. The van der Waals surface area contributed by atoms with Crippen LogP contribution in [0.1, 0.15) is 43.7 Å². The number of rotatable bonds is 4. The molecule has 4 nitrogen and oxygen atoms in total. The number of aliphatic hydroxyl groups excluding tert-OH is 1. The second kappa shape index (κ2) is 5.80. The highest BCUT2D eigenvalue weighted by Gasteiger charge is 2.41. The van der Waals surface area contributed by atoms with E-state index in [9.17, 15) is 13.5 Å². The minimum absolute atomic E-state index is 0.0159. The summed E-state index contributed by atoms with van der Waals surface area (Å²) < 4.78 is 28.2. The maximum absolute atomic E-state index is 12.7. The Morgan fingerprint density at radius 1 is 1.32 bits per heavy atom. The van der Waals surface area contributed by atoms with Crippen LogP contribution in [0.4, 0.5) is 0 Å². The molecule has 0 saturated heterocycles. The molecule has 2 aliphatic rings. The van der Waals surface area contributed by atoms with E-state index < -0.39 is 10.0 Å². The molecular weight excluding hydrogens is 298 g/mol. The van der Waals surface area contributed by atoms with Crippen molar-refractivity contribution < 1.29 is 13.5 Å². The maximum atomic E-state index is 12.7. The topological polar surface area (TPSA) is 66.4 Å². The van der Waals surface area contributed by atoms with Crippen LogP contribution in [0.3, 0.4) is 0 Å². The van der Waals surface area contributed by atoms with Gasteiger partial charge >= 0.3 is 0 Å². The molecule has 1 aromatic rings. The predicted octanol–water partition coefficient (Wildman–Crippen LogP) is 2.44. The second-order valence-electron chi connectivity index (χ2n) is 6.69. The van der Waals surface area contributed by atoms with E-state index in [1.807, 2.05) is 31.2 Å². The Hall–Kier alpha value is -1.17. The van der Waals surface area contributed by atoms with Crippen LogP contribution < -0.4 is 4.72 Å². The Morgan fingerprint density at radius 2 is 2.09 bits per heavy atom. The minimum Gasteiger partial charge on any atom is -0.396 e. The summed E-state index contributed by atoms with van der Waals surface area (Å²) in [4.78, 5) is 0.457. The van der Waals surface area contributed by atoms with E-state index in [0.717, 1.165) is 31.2 Å². The Bertz CT molecular complexity index is 696. The molecule has 3 rings (SSSR count). The lowest BCUT2D eigenvalue weighted by atomic mass is 9.86. The van der Waals surface area contributed by atoms with E-state index in [4.69, 9.17) is 0 Å². The number of fused-ring (bicyclic) bond motifs is 1. The van der Waals surface area contributed by atoms with Crippen molar-refractivity contribution in [3.05, 3.63) is 40.3 Å². The van der Waals surface area contributed by atoms with Gasteiger partial charge in [-0.3, -0.25) is 0 Å². The molecule has 1 aromatic carbocycles. The van der Waals surface area contributed by atoms with Crippen molar-refractivity contribution in [1.29, 1.82) is 0 Å². The highest BCUT2D eigenvalue weighted by molar-refractivity contribution is 7.93. The number of aryl methyl sites for hydroxylation is 1. The van der Waals surface area contributed by atoms with E-state index in [1.165, 1.54) is 5.56 Å². The van der Waals surface area contributed by atoms with Crippen LogP contribution >= 0.6 is 0 Å². The average Bonchev–Trinajstić information content (AvgIpc) is 2.88. The SMILES string of the molecule is CC1(CO)CCCC1NS(=O)(=O)C1=Cc2ccccc2CC1. The van der Waals surface area contributed by atoms with Gasteiger partial charge in [-0.05, 0) is 42.9 Å². The molecule has 1 saturated carbocycles. The van der Waals surface area contributed by atoms with Crippen LogP contribution in [-0.4, -0.2) is 26.2 Å². The Labute approximate surface area is 132 Å². The maximum Gasteiger partial charge on any atom is 0.237 e. The van der Waals surface area contributed by atoms with E-state index in [2.05, 4.69) is 4.72 Å². The van der Waals surface area contributed by atoms with Crippen LogP contribution in [0.25, 0.3) is 6.08 Å². The Morgan fingerprint density at radius 3 is 2.86 bits per heavy atom. The Balaban J connectivity index is 1.84. The van der Waals surface area contributed by atoms with Crippen molar-refractivity contribution in [3.8, 4) is 0 Å². The quantitative estimate of drug-likeness (QED) is 0.895. The van der Waals surface area contributed by atoms with Gasteiger partial charge in [0.1, 0.15) is 0 Å². The summed E-state index contributed by atoms with van der Waals surface area (Å²) in [6, 6.07) is 7.73. The van der Waals surface area contributed by atoms with E-state index in [0.29, 0.717) is 11.3 Å². The molecule has 2 aliphatic carbocycles. The molecule has 0 radical (unpaired) electrons. The molecule has 2 N–H and O–H groups in total. The standard InChI is InChI=1S/C17H23NO3S/c1-17(12-19)10-4-7-16(17)18-22(20,21)15-9-8-13-5-2-3-6-14(13)11-15/h2-3,5-6,11,16,18-19H,4,7-10,12H2,1H3. The first-order chi connectivity index (χ1) is 10.4. The highest BCUT2D eigenvalue weighted by Crippen LogP contribution is 2.38. The number of hydrogen-bond donors (Lipinski definition) is 2. The van der Waals surface area contributed by atoms with Crippen molar-refractivity contribution in [2.24, 2.45) is 5.41 Å². The second-order valence-corrected chi connectivity index (χ2v) is 8.45. The molecule has 1 fully saturated rings. The third-order valence-electron chi connectivity index (χ3n) is 5.10. The number of benzene rings is 1. The lowest BCUT2D eigenvalue weighted by Gasteiger charge is -2.30. The van der Waals surface area contributed by atoms with Gasteiger partial charge in [0.15, 0.2) is 0 Å². The van der Waals surface area contributed by atoms with Crippen LogP contribution in [0, 0.1) is 5.41 Å². The fourth-order valence-corrected chi connectivity index (χ4v) is 5.09. The summed E-state index contributed by atoms with van der Waals surface area (Å²) in [5.74, 6) is 0. The zero-order valence-electron chi connectivity index (χ0n) is 12.9. The van der Waals surface area contributed by atoms with E-state index in [-0.39, 0.29) is 18.1 Å². The first-order valence-electron chi connectivity index (χ1n) is 7.86. The summed E-state index contributed by atoms with van der Waals surface area (Å²) >= 11 is 0. The molecule has 0 bridgehead atoms. The third kappa shape index (κ3) is 2.85. The molecule has 2 atom stereocenters. The molecule has 2 unspecified atom stereocenters. The van der Waals surface area contributed by atoms with Crippen molar-refractivity contribution in [2.75, 3.05) is 6.61 Å². The van der Waals surface area contributed by atoms with Crippen LogP contribution in [0.5, 0.6) is 0 Å². The zero-order chi connectivity index (χ0) is 15.8. The molecule has 0 aromatic heterocycles. The molecule has 5 heteroatoms. The number of sulfonamides is 1. The lowest BCUT2D eigenvalue weighted by Crippen LogP contribution is -2.45.